The topological polar surface area (TPSA) is 12.5 Å². The predicted molar refractivity (Wildman–Crippen MR) is 60.9 cm³/mol. The van der Waals surface area contributed by atoms with Gasteiger partial charge in [-0.25, -0.2) is 0 Å². The van der Waals surface area contributed by atoms with E-state index in [2.05, 4.69) is 18.7 Å². The summed E-state index contributed by atoms with van der Waals surface area (Å²) in [5.41, 5.74) is -0.130. The first kappa shape index (κ1) is 15.9. The Balaban J connectivity index is 0. The highest BCUT2D eigenvalue weighted by Gasteiger charge is 2.05. The van der Waals surface area contributed by atoms with E-state index in [1.165, 1.54) is 0 Å². The van der Waals surface area contributed by atoms with Gasteiger partial charge in [0, 0.05) is 13.0 Å². The summed E-state index contributed by atoms with van der Waals surface area (Å²) >= 11 is 5.92. The largest absolute Gasteiger partial charge is 0.362 e. The smallest absolute Gasteiger partial charge is 0.132 e. The molecule has 0 aromatic heterocycles. The minimum absolute atomic E-state index is 0. The van der Waals surface area contributed by atoms with Gasteiger partial charge in [-0.3, -0.25) is 0 Å². The maximum Gasteiger partial charge on any atom is 0.132 e. The van der Waals surface area contributed by atoms with Crippen LogP contribution < -0.4 is 0 Å². The van der Waals surface area contributed by atoms with Crippen LogP contribution in [0, 0.1) is 5.92 Å². The number of halogens is 2. The van der Waals surface area contributed by atoms with Crippen LogP contribution in [0.4, 0.5) is 0 Å². The Morgan fingerprint density at radius 1 is 1.31 bits per heavy atom. The lowest BCUT2D eigenvalue weighted by Gasteiger charge is -2.15. The molecule has 1 atom stereocenters. The first-order valence-corrected chi connectivity index (χ1v) is 4.86. The minimum Gasteiger partial charge on any atom is -0.362 e. The van der Waals surface area contributed by atoms with Crippen LogP contribution in [-0.4, -0.2) is 37.7 Å². The number of ether oxygens (including phenoxy) is 1. The SMILES string of the molecule is CC(C)COC(Cl)CCN(C)C.Cl. The second-order valence-electron chi connectivity index (χ2n) is 3.73. The standard InChI is InChI=1S/C9H20ClNO.ClH/c1-8(2)7-12-9(10)5-6-11(3)4;/h8-9H,5-7H2,1-4H3;1H. The average Bonchev–Trinajstić information content (AvgIpc) is 1.96. The van der Waals surface area contributed by atoms with Crippen molar-refractivity contribution in [2.24, 2.45) is 5.92 Å². The first-order valence-electron chi connectivity index (χ1n) is 4.42. The third-order valence-electron chi connectivity index (χ3n) is 1.41. The second-order valence-corrected chi connectivity index (χ2v) is 4.22. The zero-order valence-electron chi connectivity index (χ0n) is 8.92. The van der Waals surface area contributed by atoms with Gasteiger partial charge in [0.05, 0.1) is 6.61 Å². The zero-order valence-corrected chi connectivity index (χ0v) is 10.5. The number of rotatable bonds is 6. The molecule has 0 aromatic carbocycles. The third-order valence-corrected chi connectivity index (χ3v) is 1.76. The molecule has 2 nitrogen and oxygen atoms in total. The molecule has 82 valence electrons. The molecule has 0 aliphatic rings. The van der Waals surface area contributed by atoms with Gasteiger partial charge in [0.15, 0.2) is 0 Å². The van der Waals surface area contributed by atoms with Crippen molar-refractivity contribution in [2.45, 2.75) is 25.8 Å². The maximum absolute atomic E-state index is 5.92. The van der Waals surface area contributed by atoms with Gasteiger partial charge >= 0.3 is 0 Å². The summed E-state index contributed by atoms with van der Waals surface area (Å²) in [6, 6.07) is 0. The molecule has 0 aromatic rings. The van der Waals surface area contributed by atoms with E-state index in [1.807, 2.05) is 14.1 Å². The van der Waals surface area contributed by atoms with Gasteiger partial charge in [0.1, 0.15) is 5.56 Å². The highest BCUT2D eigenvalue weighted by Crippen LogP contribution is 2.06. The van der Waals surface area contributed by atoms with Crippen LogP contribution >= 0.6 is 24.0 Å². The van der Waals surface area contributed by atoms with Crippen molar-refractivity contribution in [1.82, 2.24) is 4.90 Å². The molecule has 0 rings (SSSR count). The van der Waals surface area contributed by atoms with Crippen LogP contribution in [0.15, 0.2) is 0 Å². The van der Waals surface area contributed by atoms with Gasteiger partial charge < -0.3 is 9.64 Å². The van der Waals surface area contributed by atoms with E-state index in [-0.39, 0.29) is 18.0 Å². The van der Waals surface area contributed by atoms with Crippen LogP contribution in [0.3, 0.4) is 0 Å². The molecule has 0 heterocycles. The fraction of sp³-hybridized carbons (Fsp3) is 1.00. The molecule has 0 amide bonds. The summed E-state index contributed by atoms with van der Waals surface area (Å²) in [5, 5.41) is 0. The lowest BCUT2D eigenvalue weighted by atomic mass is 10.2. The van der Waals surface area contributed by atoms with Crippen molar-refractivity contribution in [3.8, 4) is 0 Å². The van der Waals surface area contributed by atoms with E-state index in [0.29, 0.717) is 5.92 Å². The highest BCUT2D eigenvalue weighted by molar-refractivity contribution is 6.19. The Kier molecular flexibility index (Phi) is 11.1. The average molecular weight is 230 g/mol. The van der Waals surface area contributed by atoms with Gasteiger partial charge in [-0.15, -0.1) is 12.4 Å². The third kappa shape index (κ3) is 12.5. The van der Waals surface area contributed by atoms with Gasteiger partial charge in [-0.05, 0) is 20.0 Å². The maximum atomic E-state index is 5.92. The normalized spacial score (nSPS) is 13.2. The molecular weight excluding hydrogens is 209 g/mol. The van der Waals surface area contributed by atoms with Crippen LogP contribution in [0.2, 0.25) is 0 Å². The van der Waals surface area contributed by atoms with E-state index in [4.69, 9.17) is 16.3 Å². The zero-order chi connectivity index (χ0) is 9.56. The molecule has 1 unspecified atom stereocenters. The fourth-order valence-corrected chi connectivity index (χ4v) is 0.910. The van der Waals surface area contributed by atoms with Crippen molar-refractivity contribution < 1.29 is 4.74 Å². The minimum atomic E-state index is -0.130. The van der Waals surface area contributed by atoms with Crippen LogP contribution in [0.25, 0.3) is 0 Å². The number of hydrogen-bond acceptors (Lipinski definition) is 2. The number of hydrogen-bond donors (Lipinski definition) is 0. The Labute approximate surface area is 93.0 Å². The lowest BCUT2D eigenvalue weighted by molar-refractivity contribution is 0.0762. The summed E-state index contributed by atoms with van der Waals surface area (Å²) < 4.78 is 5.39. The monoisotopic (exact) mass is 229 g/mol. The molecule has 0 spiro atoms. The molecular formula is C9H21Cl2NO. The molecule has 0 radical (unpaired) electrons. The van der Waals surface area contributed by atoms with Crippen molar-refractivity contribution in [1.29, 1.82) is 0 Å². The fourth-order valence-electron chi connectivity index (χ4n) is 0.740. The van der Waals surface area contributed by atoms with E-state index in [1.54, 1.807) is 0 Å². The van der Waals surface area contributed by atoms with E-state index >= 15 is 0 Å². The van der Waals surface area contributed by atoms with Crippen molar-refractivity contribution in [3.05, 3.63) is 0 Å². The quantitative estimate of drug-likeness (QED) is 0.650. The van der Waals surface area contributed by atoms with E-state index < -0.39 is 0 Å². The molecule has 0 saturated carbocycles. The van der Waals surface area contributed by atoms with E-state index in [9.17, 15) is 0 Å². The molecule has 0 fully saturated rings. The summed E-state index contributed by atoms with van der Waals surface area (Å²) in [6.45, 7) is 5.97. The molecule has 0 aliphatic carbocycles. The molecule has 0 aliphatic heterocycles. The van der Waals surface area contributed by atoms with Crippen molar-refractivity contribution in [3.63, 3.8) is 0 Å². The Morgan fingerprint density at radius 3 is 2.23 bits per heavy atom. The first-order chi connectivity index (χ1) is 5.52. The molecule has 0 N–H and O–H groups in total. The molecule has 13 heavy (non-hydrogen) atoms. The summed E-state index contributed by atoms with van der Waals surface area (Å²) in [6.07, 6.45) is 0.890. The second kappa shape index (κ2) is 9.07. The van der Waals surface area contributed by atoms with Gasteiger partial charge in [-0.1, -0.05) is 25.4 Å². The number of alkyl halides is 1. The van der Waals surface area contributed by atoms with Crippen LogP contribution in [-0.2, 0) is 4.74 Å². The molecule has 0 bridgehead atoms. The summed E-state index contributed by atoms with van der Waals surface area (Å²) in [5.74, 6) is 0.561. The Morgan fingerprint density at radius 2 is 1.85 bits per heavy atom. The van der Waals surface area contributed by atoms with Crippen LogP contribution in [0.5, 0.6) is 0 Å². The Bertz CT molecular complexity index is 97.8. The lowest BCUT2D eigenvalue weighted by Crippen LogP contribution is -2.19. The van der Waals surface area contributed by atoms with Gasteiger partial charge in [-0.2, -0.15) is 0 Å². The van der Waals surface area contributed by atoms with Gasteiger partial charge in [0.25, 0.3) is 0 Å². The predicted octanol–water partition coefficient (Wildman–Crippen LogP) is 2.60. The molecule has 4 heteroatoms. The molecule has 0 saturated heterocycles. The number of nitrogens with zero attached hydrogens (tertiary/aromatic N) is 1. The van der Waals surface area contributed by atoms with E-state index in [0.717, 1.165) is 19.6 Å². The van der Waals surface area contributed by atoms with Crippen molar-refractivity contribution in [2.75, 3.05) is 27.2 Å². The Hall–Kier alpha value is 0.500. The van der Waals surface area contributed by atoms with Crippen LogP contribution in [0.1, 0.15) is 20.3 Å². The summed E-state index contributed by atoms with van der Waals surface area (Å²) in [7, 11) is 4.07. The van der Waals surface area contributed by atoms with Gasteiger partial charge in [0.2, 0.25) is 0 Å². The highest BCUT2D eigenvalue weighted by atomic mass is 35.5. The summed E-state index contributed by atoms with van der Waals surface area (Å²) in [4.78, 5) is 2.11. The van der Waals surface area contributed by atoms with Crippen molar-refractivity contribution >= 4 is 24.0 Å².